The smallest absolute Gasteiger partial charge is 0.193 e. The molecule has 1 rings (SSSR count). The van der Waals surface area contributed by atoms with Crippen LogP contribution in [0.2, 0.25) is 0 Å². The molecule has 1 saturated heterocycles. The third kappa shape index (κ3) is 6.28. The van der Waals surface area contributed by atoms with Crippen molar-refractivity contribution in [3.05, 3.63) is 0 Å². The second kappa shape index (κ2) is 9.18. The highest BCUT2D eigenvalue weighted by Gasteiger charge is 2.23. The van der Waals surface area contributed by atoms with Crippen LogP contribution in [-0.2, 0) is 4.74 Å². The van der Waals surface area contributed by atoms with Crippen molar-refractivity contribution in [3.8, 4) is 0 Å². The molecule has 2 atom stereocenters. The summed E-state index contributed by atoms with van der Waals surface area (Å²) in [6.07, 6.45) is 3.59. The number of aliphatic imine (C=N–C) groups is 1. The van der Waals surface area contributed by atoms with Crippen molar-refractivity contribution in [2.75, 3.05) is 39.9 Å². The SMILES string of the molecule is CCOCCCCNC(=NC)N1CC(C)CC(C)C1. The molecular formula is C15H31N3O. The first-order chi connectivity index (χ1) is 9.17. The van der Waals surface area contributed by atoms with Crippen molar-refractivity contribution in [1.29, 1.82) is 0 Å². The van der Waals surface area contributed by atoms with E-state index in [0.29, 0.717) is 0 Å². The average Bonchev–Trinajstić information content (AvgIpc) is 2.37. The van der Waals surface area contributed by atoms with Gasteiger partial charge in [0.1, 0.15) is 0 Å². The Balaban J connectivity index is 2.25. The average molecular weight is 269 g/mol. The van der Waals surface area contributed by atoms with Gasteiger partial charge in [-0.2, -0.15) is 0 Å². The van der Waals surface area contributed by atoms with Crippen molar-refractivity contribution in [3.63, 3.8) is 0 Å². The van der Waals surface area contributed by atoms with Gasteiger partial charge in [-0.1, -0.05) is 13.8 Å². The first-order valence-corrected chi connectivity index (χ1v) is 7.70. The summed E-state index contributed by atoms with van der Waals surface area (Å²) >= 11 is 0. The summed E-state index contributed by atoms with van der Waals surface area (Å²) in [7, 11) is 1.88. The molecule has 0 amide bonds. The van der Waals surface area contributed by atoms with Crippen molar-refractivity contribution in [2.45, 2.75) is 40.0 Å². The molecule has 0 aromatic heterocycles. The number of rotatable bonds is 6. The van der Waals surface area contributed by atoms with Crippen molar-refractivity contribution >= 4 is 5.96 Å². The van der Waals surface area contributed by atoms with Gasteiger partial charge in [-0.05, 0) is 38.0 Å². The van der Waals surface area contributed by atoms with Gasteiger partial charge >= 0.3 is 0 Å². The predicted molar refractivity (Wildman–Crippen MR) is 81.6 cm³/mol. The number of nitrogens with one attached hydrogen (secondary N) is 1. The molecule has 1 aliphatic rings. The van der Waals surface area contributed by atoms with Crippen LogP contribution in [0, 0.1) is 11.8 Å². The molecule has 2 unspecified atom stereocenters. The monoisotopic (exact) mass is 269 g/mol. The van der Waals surface area contributed by atoms with Crippen LogP contribution in [0.4, 0.5) is 0 Å². The number of unbranched alkanes of at least 4 members (excludes halogenated alkanes) is 1. The molecule has 0 spiro atoms. The van der Waals surface area contributed by atoms with Crippen molar-refractivity contribution < 1.29 is 4.74 Å². The number of hydrogen-bond acceptors (Lipinski definition) is 2. The minimum atomic E-state index is 0.764. The fourth-order valence-corrected chi connectivity index (χ4v) is 2.84. The Morgan fingerprint density at radius 1 is 1.26 bits per heavy atom. The minimum Gasteiger partial charge on any atom is -0.382 e. The lowest BCUT2D eigenvalue weighted by Gasteiger charge is -2.37. The summed E-state index contributed by atoms with van der Waals surface area (Å²) in [4.78, 5) is 6.82. The number of ether oxygens (including phenoxy) is 1. The summed E-state index contributed by atoms with van der Waals surface area (Å²) in [6, 6.07) is 0. The molecule has 0 aliphatic carbocycles. The van der Waals surface area contributed by atoms with Crippen LogP contribution in [0.25, 0.3) is 0 Å². The van der Waals surface area contributed by atoms with Gasteiger partial charge in [-0.15, -0.1) is 0 Å². The lowest BCUT2D eigenvalue weighted by Crippen LogP contribution is -2.48. The summed E-state index contributed by atoms with van der Waals surface area (Å²) in [5.41, 5.74) is 0. The first-order valence-electron chi connectivity index (χ1n) is 7.70. The van der Waals surface area contributed by atoms with Gasteiger partial charge in [-0.3, -0.25) is 4.99 Å². The van der Waals surface area contributed by atoms with E-state index in [1.165, 1.54) is 6.42 Å². The molecular weight excluding hydrogens is 238 g/mol. The number of guanidine groups is 1. The van der Waals surface area contributed by atoms with Crippen LogP contribution in [0.15, 0.2) is 4.99 Å². The van der Waals surface area contributed by atoms with E-state index in [9.17, 15) is 0 Å². The molecule has 4 nitrogen and oxygen atoms in total. The van der Waals surface area contributed by atoms with E-state index in [1.54, 1.807) is 0 Å². The predicted octanol–water partition coefficient (Wildman–Crippen LogP) is 2.36. The summed E-state index contributed by atoms with van der Waals surface area (Å²) < 4.78 is 5.34. The molecule has 0 bridgehead atoms. The maximum absolute atomic E-state index is 5.34. The second-order valence-corrected chi connectivity index (χ2v) is 5.73. The Bertz CT molecular complexity index is 258. The normalized spacial score (nSPS) is 24.6. The molecule has 112 valence electrons. The van der Waals surface area contributed by atoms with Crippen molar-refractivity contribution in [1.82, 2.24) is 10.2 Å². The highest BCUT2D eigenvalue weighted by atomic mass is 16.5. The van der Waals surface area contributed by atoms with Gasteiger partial charge in [0.2, 0.25) is 0 Å². The molecule has 0 aromatic carbocycles. The standard InChI is InChI=1S/C15H31N3O/c1-5-19-9-7-6-8-17-15(16-4)18-11-13(2)10-14(3)12-18/h13-14H,5-12H2,1-4H3,(H,16,17). The zero-order valence-electron chi connectivity index (χ0n) is 13.1. The zero-order chi connectivity index (χ0) is 14.1. The minimum absolute atomic E-state index is 0.764. The summed E-state index contributed by atoms with van der Waals surface area (Å²) in [5, 5.41) is 3.48. The Hall–Kier alpha value is -0.770. The van der Waals surface area contributed by atoms with Gasteiger partial charge in [0, 0.05) is 39.9 Å². The third-order valence-electron chi connectivity index (χ3n) is 3.58. The van der Waals surface area contributed by atoms with Gasteiger partial charge in [-0.25, -0.2) is 0 Å². The van der Waals surface area contributed by atoms with Gasteiger partial charge in [0.05, 0.1) is 0 Å². The van der Waals surface area contributed by atoms with Crippen LogP contribution < -0.4 is 5.32 Å². The molecule has 1 N–H and O–H groups in total. The topological polar surface area (TPSA) is 36.9 Å². The van der Waals surface area contributed by atoms with Crippen molar-refractivity contribution in [2.24, 2.45) is 16.8 Å². The van der Waals surface area contributed by atoms with Crippen LogP contribution >= 0.6 is 0 Å². The van der Waals surface area contributed by atoms with Crippen LogP contribution in [0.3, 0.4) is 0 Å². The van der Waals surface area contributed by atoms with Gasteiger partial charge < -0.3 is 15.0 Å². The molecule has 0 saturated carbocycles. The lowest BCUT2D eigenvalue weighted by atomic mass is 9.92. The van der Waals surface area contributed by atoms with E-state index in [2.05, 4.69) is 29.1 Å². The second-order valence-electron chi connectivity index (χ2n) is 5.73. The number of likely N-dealkylation sites (tertiary alicyclic amines) is 1. The number of nitrogens with zero attached hydrogens (tertiary/aromatic N) is 2. The molecule has 4 heteroatoms. The van der Waals surface area contributed by atoms with Crippen LogP contribution in [0.1, 0.15) is 40.0 Å². The molecule has 1 aliphatic heterocycles. The molecule has 1 fully saturated rings. The maximum Gasteiger partial charge on any atom is 0.193 e. The Morgan fingerprint density at radius 3 is 2.53 bits per heavy atom. The highest BCUT2D eigenvalue weighted by Crippen LogP contribution is 2.20. The summed E-state index contributed by atoms with van der Waals surface area (Å²) in [6.45, 7) is 11.6. The van der Waals surface area contributed by atoms with E-state index >= 15 is 0 Å². The van der Waals surface area contributed by atoms with E-state index in [4.69, 9.17) is 4.74 Å². The Labute approximate surface area is 118 Å². The highest BCUT2D eigenvalue weighted by molar-refractivity contribution is 5.79. The molecule has 1 heterocycles. The van der Waals surface area contributed by atoms with Crippen LogP contribution in [0.5, 0.6) is 0 Å². The Kier molecular flexibility index (Phi) is 7.87. The van der Waals surface area contributed by atoms with Crippen LogP contribution in [-0.4, -0.2) is 50.8 Å². The van der Waals surface area contributed by atoms with Gasteiger partial charge in [0.15, 0.2) is 5.96 Å². The molecule has 19 heavy (non-hydrogen) atoms. The summed E-state index contributed by atoms with van der Waals surface area (Å²) in [5.74, 6) is 2.59. The largest absolute Gasteiger partial charge is 0.382 e. The fourth-order valence-electron chi connectivity index (χ4n) is 2.84. The zero-order valence-corrected chi connectivity index (χ0v) is 13.1. The Morgan fingerprint density at radius 2 is 1.95 bits per heavy atom. The van der Waals surface area contributed by atoms with E-state index in [0.717, 1.165) is 63.5 Å². The molecule has 0 radical (unpaired) electrons. The first kappa shape index (κ1) is 16.3. The maximum atomic E-state index is 5.34. The number of piperidine rings is 1. The van der Waals surface area contributed by atoms with Gasteiger partial charge in [0.25, 0.3) is 0 Å². The van der Waals surface area contributed by atoms with E-state index < -0.39 is 0 Å². The third-order valence-corrected chi connectivity index (χ3v) is 3.58. The lowest BCUT2D eigenvalue weighted by molar-refractivity contribution is 0.143. The quantitative estimate of drug-likeness (QED) is 0.457. The number of hydrogen-bond donors (Lipinski definition) is 1. The fraction of sp³-hybridized carbons (Fsp3) is 0.933. The van der Waals surface area contributed by atoms with E-state index in [1.807, 2.05) is 14.0 Å². The molecule has 0 aromatic rings. The van der Waals surface area contributed by atoms with E-state index in [-0.39, 0.29) is 0 Å².